The SMILES string of the molecule is CCC(CO)C(C)C(CC)C(O)C(O)CCCCO. The minimum atomic E-state index is -0.751. The lowest BCUT2D eigenvalue weighted by Gasteiger charge is -2.34. The molecule has 0 aliphatic rings. The second-order valence-electron chi connectivity index (χ2n) is 5.56. The van der Waals surface area contributed by atoms with Gasteiger partial charge in [0.25, 0.3) is 0 Å². The fourth-order valence-electron chi connectivity index (χ4n) is 2.86. The highest BCUT2D eigenvalue weighted by Crippen LogP contribution is 2.30. The Hall–Kier alpha value is -0.160. The highest BCUT2D eigenvalue weighted by atomic mass is 16.3. The van der Waals surface area contributed by atoms with E-state index in [9.17, 15) is 15.3 Å². The number of rotatable bonds is 11. The van der Waals surface area contributed by atoms with Gasteiger partial charge in [-0.25, -0.2) is 0 Å². The van der Waals surface area contributed by atoms with Gasteiger partial charge in [0, 0.05) is 13.2 Å². The lowest BCUT2D eigenvalue weighted by atomic mass is 9.76. The monoisotopic (exact) mass is 276 g/mol. The van der Waals surface area contributed by atoms with Crippen LogP contribution >= 0.6 is 0 Å². The number of hydrogen-bond acceptors (Lipinski definition) is 4. The highest BCUT2D eigenvalue weighted by Gasteiger charge is 2.32. The Balaban J connectivity index is 4.47. The first kappa shape index (κ1) is 18.8. The summed E-state index contributed by atoms with van der Waals surface area (Å²) in [7, 11) is 0. The summed E-state index contributed by atoms with van der Waals surface area (Å²) < 4.78 is 0. The second kappa shape index (κ2) is 10.6. The third kappa shape index (κ3) is 6.21. The molecule has 0 aromatic rings. The first-order chi connectivity index (χ1) is 9.03. The smallest absolute Gasteiger partial charge is 0.0829 e. The average molecular weight is 276 g/mol. The Morgan fingerprint density at radius 1 is 0.947 bits per heavy atom. The quantitative estimate of drug-likeness (QED) is 0.432. The number of hydrogen-bond donors (Lipinski definition) is 4. The fraction of sp³-hybridized carbons (Fsp3) is 1.00. The molecule has 0 radical (unpaired) electrons. The predicted molar refractivity (Wildman–Crippen MR) is 76.8 cm³/mol. The molecule has 116 valence electrons. The lowest BCUT2D eigenvalue weighted by molar-refractivity contribution is -0.0494. The molecule has 0 saturated carbocycles. The fourth-order valence-corrected chi connectivity index (χ4v) is 2.86. The van der Waals surface area contributed by atoms with E-state index in [0.717, 1.165) is 19.3 Å². The summed E-state index contributed by atoms with van der Waals surface area (Å²) in [5, 5.41) is 38.4. The van der Waals surface area contributed by atoms with E-state index >= 15 is 0 Å². The van der Waals surface area contributed by atoms with Crippen molar-refractivity contribution >= 4 is 0 Å². The molecule has 0 bridgehead atoms. The van der Waals surface area contributed by atoms with Gasteiger partial charge in [-0.1, -0.05) is 33.6 Å². The molecule has 5 atom stereocenters. The zero-order valence-electron chi connectivity index (χ0n) is 12.6. The number of unbranched alkanes of at least 4 members (excludes halogenated alkanes) is 1. The second-order valence-corrected chi connectivity index (χ2v) is 5.56. The van der Waals surface area contributed by atoms with Gasteiger partial charge in [0.2, 0.25) is 0 Å². The minimum absolute atomic E-state index is 0.00114. The molecule has 0 aromatic heterocycles. The van der Waals surface area contributed by atoms with Gasteiger partial charge in [0.1, 0.15) is 0 Å². The van der Waals surface area contributed by atoms with Crippen molar-refractivity contribution in [3.05, 3.63) is 0 Å². The Kier molecular flexibility index (Phi) is 10.5. The zero-order valence-corrected chi connectivity index (χ0v) is 12.6. The first-order valence-electron chi connectivity index (χ1n) is 7.61. The van der Waals surface area contributed by atoms with Crippen LogP contribution in [0, 0.1) is 17.8 Å². The van der Waals surface area contributed by atoms with Crippen LogP contribution in [0.4, 0.5) is 0 Å². The molecular formula is C15H32O4. The molecule has 0 rings (SSSR count). The lowest BCUT2D eigenvalue weighted by Crippen LogP contribution is -2.39. The van der Waals surface area contributed by atoms with E-state index in [1.807, 2.05) is 20.8 Å². The Morgan fingerprint density at radius 3 is 2.00 bits per heavy atom. The van der Waals surface area contributed by atoms with E-state index in [0.29, 0.717) is 12.8 Å². The summed E-state index contributed by atoms with van der Waals surface area (Å²) in [6.07, 6.45) is 2.06. The molecule has 4 heteroatoms. The van der Waals surface area contributed by atoms with Gasteiger partial charge >= 0.3 is 0 Å². The first-order valence-corrected chi connectivity index (χ1v) is 7.61. The van der Waals surface area contributed by atoms with Crippen molar-refractivity contribution in [2.75, 3.05) is 13.2 Å². The Bertz CT molecular complexity index is 206. The Morgan fingerprint density at radius 2 is 1.58 bits per heavy atom. The number of aliphatic hydroxyl groups excluding tert-OH is 4. The average Bonchev–Trinajstić information content (AvgIpc) is 2.41. The third-order valence-electron chi connectivity index (χ3n) is 4.39. The predicted octanol–water partition coefficient (Wildman–Crippen LogP) is 1.55. The van der Waals surface area contributed by atoms with Crippen LogP contribution in [0.15, 0.2) is 0 Å². The van der Waals surface area contributed by atoms with E-state index in [1.165, 1.54) is 0 Å². The minimum Gasteiger partial charge on any atom is -0.396 e. The van der Waals surface area contributed by atoms with Gasteiger partial charge < -0.3 is 20.4 Å². The summed E-state index contributed by atoms with van der Waals surface area (Å²) in [5.41, 5.74) is 0. The van der Waals surface area contributed by atoms with E-state index in [1.54, 1.807) is 0 Å². The van der Waals surface area contributed by atoms with Crippen molar-refractivity contribution in [1.29, 1.82) is 0 Å². The van der Waals surface area contributed by atoms with Crippen LogP contribution < -0.4 is 0 Å². The van der Waals surface area contributed by atoms with Crippen molar-refractivity contribution < 1.29 is 20.4 Å². The van der Waals surface area contributed by atoms with Crippen LogP contribution in [-0.2, 0) is 0 Å². The van der Waals surface area contributed by atoms with E-state index in [4.69, 9.17) is 5.11 Å². The molecule has 0 heterocycles. The van der Waals surface area contributed by atoms with Crippen LogP contribution in [-0.4, -0.2) is 45.8 Å². The molecule has 0 spiro atoms. The molecule has 0 aliphatic carbocycles. The van der Waals surface area contributed by atoms with Gasteiger partial charge in [-0.2, -0.15) is 0 Å². The summed E-state index contributed by atoms with van der Waals surface area (Å²) in [6.45, 7) is 6.34. The zero-order chi connectivity index (χ0) is 14.8. The molecule has 0 aromatic carbocycles. The van der Waals surface area contributed by atoms with Crippen LogP contribution in [0.1, 0.15) is 52.9 Å². The molecular weight excluding hydrogens is 244 g/mol. The highest BCUT2D eigenvalue weighted by molar-refractivity contribution is 4.82. The van der Waals surface area contributed by atoms with Gasteiger partial charge in [-0.3, -0.25) is 0 Å². The molecule has 4 nitrogen and oxygen atoms in total. The molecule has 5 unspecified atom stereocenters. The molecule has 4 N–H and O–H groups in total. The van der Waals surface area contributed by atoms with E-state index in [-0.39, 0.29) is 31.0 Å². The number of aliphatic hydroxyl groups is 4. The van der Waals surface area contributed by atoms with Crippen molar-refractivity contribution in [1.82, 2.24) is 0 Å². The maximum absolute atomic E-state index is 10.3. The van der Waals surface area contributed by atoms with E-state index in [2.05, 4.69) is 0 Å². The van der Waals surface area contributed by atoms with Crippen LogP contribution in [0.5, 0.6) is 0 Å². The maximum atomic E-state index is 10.3. The van der Waals surface area contributed by atoms with Gasteiger partial charge in [0.05, 0.1) is 12.2 Å². The normalized spacial score (nSPS) is 19.7. The van der Waals surface area contributed by atoms with Crippen LogP contribution in [0.2, 0.25) is 0 Å². The van der Waals surface area contributed by atoms with Crippen LogP contribution in [0.3, 0.4) is 0 Å². The summed E-state index contributed by atoms with van der Waals surface area (Å²) in [5.74, 6) is 0.355. The third-order valence-corrected chi connectivity index (χ3v) is 4.39. The van der Waals surface area contributed by atoms with Gasteiger partial charge in [0.15, 0.2) is 0 Å². The van der Waals surface area contributed by atoms with Crippen molar-refractivity contribution in [3.8, 4) is 0 Å². The molecule has 0 amide bonds. The van der Waals surface area contributed by atoms with E-state index < -0.39 is 12.2 Å². The maximum Gasteiger partial charge on any atom is 0.0829 e. The standard InChI is InChI=1S/C15H32O4/c1-4-12(10-17)11(3)13(5-2)15(19)14(18)8-6-7-9-16/h11-19H,4-10H2,1-3H3. The Labute approximate surface area is 117 Å². The topological polar surface area (TPSA) is 80.9 Å². The van der Waals surface area contributed by atoms with Gasteiger partial charge in [-0.05, 0) is 37.0 Å². The largest absolute Gasteiger partial charge is 0.396 e. The van der Waals surface area contributed by atoms with Crippen molar-refractivity contribution in [3.63, 3.8) is 0 Å². The molecule has 0 saturated heterocycles. The van der Waals surface area contributed by atoms with Gasteiger partial charge in [-0.15, -0.1) is 0 Å². The molecule has 19 heavy (non-hydrogen) atoms. The van der Waals surface area contributed by atoms with Crippen molar-refractivity contribution in [2.24, 2.45) is 17.8 Å². The summed E-state index contributed by atoms with van der Waals surface area (Å²) in [6, 6.07) is 0. The summed E-state index contributed by atoms with van der Waals surface area (Å²) in [4.78, 5) is 0. The van der Waals surface area contributed by atoms with Crippen LogP contribution in [0.25, 0.3) is 0 Å². The van der Waals surface area contributed by atoms with Crippen molar-refractivity contribution in [2.45, 2.75) is 65.1 Å². The summed E-state index contributed by atoms with van der Waals surface area (Å²) >= 11 is 0. The molecule has 0 fully saturated rings. The molecule has 0 aliphatic heterocycles.